The minimum absolute atomic E-state index is 0.0299. The van der Waals surface area contributed by atoms with E-state index < -0.39 is 40.1 Å². The molecule has 0 radical (unpaired) electrons. The fraction of sp³-hybridized carbons (Fsp3) is 0.158. The van der Waals surface area contributed by atoms with E-state index in [4.69, 9.17) is 0 Å². The Bertz CT molecular complexity index is 1130. The second kappa shape index (κ2) is 7.55. The van der Waals surface area contributed by atoms with Gasteiger partial charge in [0.15, 0.2) is 0 Å². The second-order valence-corrected chi connectivity index (χ2v) is 6.01. The summed E-state index contributed by atoms with van der Waals surface area (Å²) >= 11 is 0. The summed E-state index contributed by atoms with van der Waals surface area (Å²) in [5, 5.41) is 11.4. The lowest BCUT2D eigenvalue weighted by molar-refractivity contribution is -0.387. The molecule has 0 saturated carbocycles. The largest absolute Gasteiger partial charge is 0.353 e. The molecule has 0 amide bonds. The van der Waals surface area contributed by atoms with Gasteiger partial charge in [0.1, 0.15) is 5.69 Å². The third-order valence-electron chi connectivity index (χ3n) is 4.32. The zero-order chi connectivity index (χ0) is 20.4. The summed E-state index contributed by atoms with van der Waals surface area (Å²) in [5.74, 6) is 0. The van der Waals surface area contributed by atoms with Gasteiger partial charge in [-0.15, -0.1) is 0 Å². The van der Waals surface area contributed by atoms with E-state index >= 15 is 8.78 Å². The number of rotatable bonds is 5. The predicted octanol–water partition coefficient (Wildman–Crippen LogP) is 3.26. The maximum Gasteiger partial charge on any atom is 0.353 e. The van der Waals surface area contributed by atoms with Gasteiger partial charge in [-0.05, 0) is 6.92 Å². The summed E-state index contributed by atoms with van der Waals surface area (Å²) < 4.78 is 30.6. The van der Waals surface area contributed by atoms with Gasteiger partial charge in [-0.2, -0.15) is 0 Å². The van der Waals surface area contributed by atoms with Crippen LogP contribution < -0.4 is 11.2 Å². The van der Waals surface area contributed by atoms with Crippen LogP contribution >= 0.6 is 0 Å². The van der Waals surface area contributed by atoms with E-state index in [1.165, 1.54) is 48.5 Å². The van der Waals surface area contributed by atoms with Gasteiger partial charge in [-0.1, -0.05) is 60.7 Å². The van der Waals surface area contributed by atoms with Gasteiger partial charge in [0.2, 0.25) is 12.6 Å². The van der Waals surface area contributed by atoms with Gasteiger partial charge < -0.3 is 0 Å². The van der Waals surface area contributed by atoms with Crippen LogP contribution in [0, 0.1) is 17.0 Å². The van der Waals surface area contributed by atoms with E-state index in [0.29, 0.717) is 4.57 Å². The Labute approximate surface area is 157 Å². The molecule has 0 fully saturated rings. The minimum Gasteiger partial charge on any atom is -0.261 e. The van der Waals surface area contributed by atoms with Crippen LogP contribution in [0.25, 0.3) is 0 Å². The number of alkyl halides is 2. The molecule has 0 aliphatic heterocycles. The van der Waals surface area contributed by atoms with Crippen molar-refractivity contribution in [3.63, 3.8) is 0 Å². The highest BCUT2D eigenvalue weighted by atomic mass is 19.1. The van der Waals surface area contributed by atoms with Crippen molar-refractivity contribution in [3.8, 4) is 0 Å². The normalized spacial score (nSPS) is 13.1. The van der Waals surface area contributed by atoms with E-state index in [2.05, 4.69) is 0 Å². The van der Waals surface area contributed by atoms with Crippen LogP contribution in [0.1, 0.15) is 29.4 Å². The zero-order valence-corrected chi connectivity index (χ0v) is 14.7. The third kappa shape index (κ3) is 3.22. The summed E-state index contributed by atoms with van der Waals surface area (Å²) in [6.07, 6.45) is -4.45. The van der Waals surface area contributed by atoms with E-state index in [-0.39, 0.29) is 15.7 Å². The second-order valence-electron chi connectivity index (χ2n) is 6.01. The molecule has 1 heterocycles. The van der Waals surface area contributed by atoms with E-state index in [1.807, 2.05) is 0 Å². The Morgan fingerprint density at radius 3 is 1.71 bits per heavy atom. The molecule has 3 aromatic rings. The molecule has 0 aliphatic rings. The predicted molar refractivity (Wildman–Crippen MR) is 97.7 cm³/mol. The summed E-state index contributed by atoms with van der Waals surface area (Å²) in [7, 11) is 0. The molecule has 28 heavy (non-hydrogen) atoms. The number of nitrogens with zero attached hydrogens (tertiary/aromatic N) is 3. The zero-order valence-electron chi connectivity index (χ0n) is 14.7. The summed E-state index contributed by atoms with van der Waals surface area (Å²) in [5.41, 5.74) is -4.34. The van der Waals surface area contributed by atoms with Crippen molar-refractivity contribution in [2.24, 2.45) is 0 Å². The standard InChI is InChI=1S/C19H15F2N3O4/c1-12-15(24(27)28)18(25)23(17(21)14-10-6-3-7-11-14)19(26)22(12)16(20)13-8-4-2-5-9-13/h2-11,16-17H,1H3. The first-order valence-corrected chi connectivity index (χ1v) is 8.24. The van der Waals surface area contributed by atoms with Gasteiger partial charge in [-0.3, -0.25) is 19.5 Å². The number of nitro groups is 1. The SMILES string of the molecule is Cc1c([N+](=O)[O-])c(=O)n(C(F)c2ccccc2)c(=O)n1C(F)c1ccccc1. The van der Waals surface area contributed by atoms with Crippen LogP contribution in [0.2, 0.25) is 0 Å². The molecule has 9 heteroatoms. The molecule has 0 aliphatic carbocycles. The monoisotopic (exact) mass is 387 g/mol. The number of benzene rings is 2. The van der Waals surface area contributed by atoms with Crippen molar-refractivity contribution >= 4 is 5.69 Å². The van der Waals surface area contributed by atoms with Crippen molar-refractivity contribution in [2.75, 3.05) is 0 Å². The van der Waals surface area contributed by atoms with Crippen molar-refractivity contribution in [3.05, 3.63) is 108 Å². The van der Waals surface area contributed by atoms with E-state index in [0.717, 1.165) is 6.92 Å². The molecule has 2 aromatic carbocycles. The van der Waals surface area contributed by atoms with Crippen molar-refractivity contribution in [1.82, 2.24) is 9.13 Å². The fourth-order valence-electron chi connectivity index (χ4n) is 2.93. The summed E-state index contributed by atoms with van der Waals surface area (Å²) in [6, 6.07) is 14.6. The van der Waals surface area contributed by atoms with Crippen molar-refractivity contribution < 1.29 is 13.7 Å². The van der Waals surface area contributed by atoms with Crippen LogP contribution in [0.3, 0.4) is 0 Å². The third-order valence-corrected chi connectivity index (χ3v) is 4.32. The van der Waals surface area contributed by atoms with Crippen molar-refractivity contribution in [1.29, 1.82) is 0 Å². The number of hydrogen-bond acceptors (Lipinski definition) is 4. The maximum atomic E-state index is 15.1. The van der Waals surface area contributed by atoms with Crippen LogP contribution in [-0.2, 0) is 0 Å². The van der Waals surface area contributed by atoms with Gasteiger partial charge in [-0.25, -0.2) is 18.1 Å². The lowest BCUT2D eigenvalue weighted by atomic mass is 10.2. The Kier molecular flexibility index (Phi) is 5.16. The molecule has 2 unspecified atom stereocenters. The lowest BCUT2D eigenvalue weighted by Crippen LogP contribution is -2.44. The maximum absolute atomic E-state index is 15.1. The highest BCUT2D eigenvalue weighted by molar-refractivity contribution is 5.34. The Balaban J connectivity index is 2.32. The number of halogens is 2. The smallest absolute Gasteiger partial charge is 0.261 e. The Morgan fingerprint density at radius 1 is 0.857 bits per heavy atom. The molecule has 1 aromatic heterocycles. The minimum atomic E-state index is -2.31. The molecular weight excluding hydrogens is 372 g/mol. The van der Waals surface area contributed by atoms with Crippen LogP contribution in [0.4, 0.5) is 14.5 Å². The number of hydrogen-bond donors (Lipinski definition) is 0. The quantitative estimate of drug-likeness (QED) is 0.497. The average molecular weight is 387 g/mol. The average Bonchev–Trinajstić information content (AvgIpc) is 2.68. The van der Waals surface area contributed by atoms with Gasteiger partial charge in [0.25, 0.3) is 0 Å². The lowest BCUT2D eigenvalue weighted by Gasteiger charge is -2.19. The topological polar surface area (TPSA) is 87.1 Å². The molecular formula is C19H15F2N3O4. The van der Waals surface area contributed by atoms with Crippen molar-refractivity contribution in [2.45, 2.75) is 19.5 Å². The molecule has 0 bridgehead atoms. The summed E-state index contributed by atoms with van der Waals surface area (Å²) in [6.45, 7) is 1.08. The fourth-order valence-corrected chi connectivity index (χ4v) is 2.93. The molecule has 7 nitrogen and oxygen atoms in total. The van der Waals surface area contributed by atoms with Gasteiger partial charge in [0.05, 0.1) is 4.92 Å². The highest BCUT2D eigenvalue weighted by Gasteiger charge is 2.32. The first-order valence-electron chi connectivity index (χ1n) is 8.24. The molecule has 144 valence electrons. The molecule has 2 atom stereocenters. The Morgan fingerprint density at radius 2 is 1.29 bits per heavy atom. The Hall–Kier alpha value is -3.62. The summed E-state index contributed by atoms with van der Waals surface area (Å²) in [4.78, 5) is 35.7. The molecule has 0 N–H and O–H groups in total. The van der Waals surface area contributed by atoms with Crippen LogP contribution in [0.5, 0.6) is 0 Å². The molecule has 0 spiro atoms. The van der Waals surface area contributed by atoms with Crippen LogP contribution in [-0.4, -0.2) is 14.1 Å². The molecule has 3 rings (SSSR count). The van der Waals surface area contributed by atoms with E-state index in [1.54, 1.807) is 12.1 Å². The van der Waals surface area contributed by atoms with Gasteiger partial charge >= 0.3 is 16.9 Å². The highest BCUT2D eigenvalue weighted by Crippen LogP contribution is 2.24. The van der Waals surface area contributed by atoms with Crippen LogP contribution in [0.15, 0.2) is 70.3 Å². The first kappa shape index (κ1) is 19.2. The first-order chi connectivity index (χ1) is 13.3. The molecule has 0 saturated heterocycles. The number of aromatic nitrogens is 2. The van der Waals surface area contributed by atoms with E-state index in [9.17, 15) is 19.7 Å². The van der Waals surface area contributed by atoms with Gasteiger partial charge in [0, 0.05) is 11.1 Å².